The van der Waals surface area contributed by atoms with Crippen LogP contribution in [0.4, 0.5) is 5.95 Å². The molecule has 5 nitrogen and oxygen atoms in total. The number of hydrogen-bond acceptors (Lipinski definition) is 5. The van der Waals surface area contributed by atoms with E-state index in [2.05, 4.69) is 9.97 Å². The lowest BCUT2D eigenvalue weighted by Crippen LogP contribution is -2.29. The second kappa shape index (κ2) is 3.94. The summed E-state index contributed by atoms with van der Waals surface area (Å²) in [6.45, 7) is 2.58. The SMILES string of the molecule is CC1CC(O)CN1c1ncc(C=O)cn1. The number of β-amino-alcohol motifs (C(OH)–C–C–N with tert-alkyl or cyclic N) is 1. The van der Waals surface area contributed by atoms with Gasteiger partial charge in [-0.1, -0.05) is 0 Å². The van der Waals surface area contributed by atoms with E-state index in [0.717, 1.165) is 6.42 Å². The lowest BCUT2D eigenvalue weighted by molar-refractivity contribution is 0.112. The van der Waals surface area contributed by atoms with E-state index in [1.54, 1.807) is 0 Å². The average Bonchev–Trinajstić information content (AvgIpc) is 2.58. The van der Waals surface area contributed by atoms with Gasteiger partial charge in [-0.2, -0.15) is 0 Å². The summed E-state index contributed by atoms with van der Waals surface area (Å²) in [5.74, 6) is 0.574. The van der Waals surface area contributed by atoms with Crippen LogP contribution in [-0.2, 0) is 0 Å². The highest BCUT2D eigenvalue weighted by molar-refractivity contribution is 5.73. The predicted octanol–water partition coefficient (Wildman–Crippen LogP) is 0.249. The molecule has 1 saturated heterocycles. The van der Waals surface area contributed by atoms with Crippen molar-refractivity contribution in [1.29, 1.82) is 0 Å². The molecule has 0 radical (unpaired) electrons. The van der Waals surface area contributed by atoms with Crippen LogP contribution in [0.1, 0.15) is 23.7 Å². The van der Waals surface area contributed by atoms with Gasteiger partial charge in [0, 0.05) is 25.0 Å². The van der Waals surface area contributed by atoms with Crippen LogP contribution in [0.15, 0.2) is 12.4 Å². The minimum Gasteiger partial charge on any atom is -0.391 e. The lowest BCUT2D eigenvalue weighted by Gasteiger charge is -2.20. The van der Waals surface area contributed by atoms with Gasteiger partial charge in [-0.3, -0.25) is 4.79 Å². The Labute approximate surface area is 87.8 Å². The fraction of sp³-hybridized carbons (Fsp3) is 0.500. The Bertz CT molecular complexity index is 352. The quantitative estimate of drug-likeness (QED) is 0.704. The molecule has 0 spiro atoms. The lowest BCUT2D eigenvalue weighted by atomic mass is 10.2. The van der Waals surface area contributed by atoms with Gasteiger partial charge in [0.2, 0.25) is 5.95 Å². The van der Waals surface area contributed by atoms with Gasteiger partial charge in [-0.15, -0.1) is 0 Å². The van der Waals surface area contributed by atoms with Gasteiger partial charge >= 0.3 is 0 Å². The van der Waals surface area contributed by atoms with Crippen LogP contribution < -0.4 is 4.90 Å². The van der Waals surface area contributed by atoms with E-state index < -0.39 is 0 Å². The number of aliphatic hydroxyl groups is 1. The number of anilines is 1. The number of hydrogen-bond donors (Lipinski definition) is 1. The molecule has 2 unspecified atom stereocenters. The van der Waals surface area contributed by atoms with E-state index in [0.29, 0.717) is 24.3 Å². The Balaban J connectivity index is 2.18. The van der Waals surface area contributed by atoms with Crippen molar-refractivity contribution in [3.8, 4) is 0 Å². The molecule has 0 aromatic carbocycles. The molecule has 2 atom stereocenters. The summed E-state index contributed by atoms with van der Waals surface area (Å²) < 4.78 is 0. The summed E-state index contributed by atoms with van der Waals surface area (Å²) in [4.78, 5) is 20.5. The summed E-state index contributed by atoms with van der Waals surface area (Å²) >= 11 is 0. The number of carbonyl (C=O) groups excluding carboxylic acids is 1. The van der Waals surface area contributed by atoms with E-state index in [9.17, 15) is 9.90 Å². The number of rotatable bonds is 2. The second-order valence-electron chi connectivity index (χ2n) is 3.83. The molecule has 5 heteroatoms. The number of aromatic nitrogens is 2. The standard InChI is InChI=1S/C10H13N3O2/c1-7-2-9(15)5-13(7)10-11-3-8(6-14)4-12-10/h3-4,6-7,9,15H,2,5H2,1H3. The molecule has 0 aliphatic carbocycles. The molecule has 0 saturated carbocycles. The van der Waals surface area contributed by atoms with Crippen LogP contribution >= 0.6 is 0 Å². The van der Waals surface area contributed by atoms with E-state index in [1.165, 1.54) is 12.4 Å². The molecule has 0 amide bonds. The largest absolute Gasteiger partial charge is 0.391 e. The molecule has 1 N–H and O–H groups in total. The third-order valence-electron chi connectivity index (χ3n) is 2.60. The topological polar surface area (TPSA) is 66.3 Å². The molecule has 1 aliphatic heterocycles. The average molecular weight is 207 g/mol. The molecule has 1 aliphatic rings. The Hall–Kier alpha value is -1.49. The predicted molar refractivity (Wildman–Crippen MR) is 54.9 cm³/mol. The fourth-order valence-electron chi connectivity index (χ4n) is 1.82. The van der Waals surface area contributed by atoms with Gasteiger partial charge in [0.25, 0.3) is 0 Å². The number of nitrogens with zero attached hydrogens (tertiary/aromatic N) is 3. The van der Waals surface area contributed by atoms with E-state index in [1.807, 2.05) is 11.8 Å². The molecule has 80 valence electrons. The first-order valence-electron chi connectivity index (χ1n) is 4.92. The van der Waals surface area contributed by atoms with E-state index >= 15 is 0 Å². The van der Waals surface area contributed by atoms with Crippen LogP contribution in [0.3, 0.4) is 0 Å². The maximum absolute atomic E-state index is 10.4. The van der Waals surface area contributed by atoms with Crippen LogP contribution in [-0.4, -0.2) is 40.1 Å². The minimum atomic E-state index is -0.311. The second-order valence-corrected chi connectivity index (χ2v) is 3.83. The van der Waals surface area contributed by atoms with Crippen LogP contribution in [0.25, 0.3) is 0 Å². The molecule has 1 aromatic rings. The number of aliphatic hydroxyl groups excluding tert-OH is 1. The smallest absolute Gasteiger partial charge is 0.225 e. The van der Waals surface area contributed by atoms with Gasteiger partial charge in [-0.05, 0) is 13.3 Å². The Morgan fingerprint density at radius 3 is 2.67 bits per heavy atom. The third kappa shape index (κ3) is 1.97. The van der Waals surface area contributed by atoms with Gasteiger partial charge in [0.1, 0.15) is 0 Å². The maximum atomic E-state index is 10.4. The number of carbonyl (C=O) groups is 1. The molecule has 2 rings (SSSR count). The summed E-state index contributed by atoms with van der Waals surface area (Å²) in [6.07, 6.45) is 4.12. The molecule has 1 fully saturated rings. The zero-order valence-electron chi connectivity index (χ0n) is 8.50. The summed E-state index contributed by atoms with van der Waals surface area (Å²) in [5, 5.41) is 9.48. The third-order valence-corrected chi connectivity index (χ3v) is 2.60. The molecule has 2 heterocycles. The number of aldehydes is 1. The fourth-order valence-corrected chi connectivity index (χ4v) is 1.82. The van der Waals surface area contributed by atoms with E-state index in [-0.39, 0.29) is 12.1 Å². The highest BCUT2D eigenvalue weighted by atomic mass is 16.3. The van der Waals surface area contributed by atoms with Gasteiger partial charge in [0.15, 0.2) is 6.29 Å². The van der Waals surface area contributed by atoms with Crippen molar-refractivity contribution in [3.05, 3.63) is 18.0 Å². The van der Waals surface area contributed by atoms with E-state index in [4.69, 9.17) is 0 Å². The van der Waals surface area contributed by atoms with Crippen molar-refractivity contribution in [2.75, 3.05) is 11.4 Å². The van der Waals surface area contributed by atoms with Gasteiger partial charge in [-0.25, -0.2) is 9.97 Å². The van der Waals surface area contributed by atoms with Crippen molar-refractivity contribution in [2.45, 2.75) is 25.5 Å². The first-order chi connectivity index (χ1) is 7.20. The Morgan fingerprint density at radius 1 is 1.53 bits per heavy atom. The summed E-state index contributed by atoms with van der Waals surface area (Å²) in [5.41, 5.74) is 0.464. The van der Waals surface area contributed by atoms with Crippen LogP contribution in [0, 0.1) is 0 Å². The van der Waals surface area contributed by atoms with Crippen molar-refractivity contribution in [1.82, 2.24) is 9.97 Å². The van der Waals surface area contributed by atoms with Gasteiger partial charge in [0.05, 0.1) is 11.7 Å². The normalized spacial score (nSPS) is 25.6. The van der Waals surface area contributed by atoms with Crippen molar-refractivity contribution >= 4 is 12.2 Å². The molecule has 0 bridgehead atoms. The van der Waals surface area contributed by atoms with Crippen LogP contribution in [0.5, 0.6) is 0 Å². The van der Waals surface area contributed by atoms with Crippen LogP contribution in [0.2, 0.25) is 0 Å². The van der Waals surface area contributed by atoms with Crippen molar-refractivity contribution in [2.24, 2.45) is 0 Å². The van der Waals surface area contributed by atoms with Crippen molar-refractivity contribution in [3.63, 3.8) is 0 Å². The maximum Gasteiger partial charge on any atom is 0.225 e. The molecule has 1 aromatic heterocycles. The molecular weight excluding hydrogens is 194 g/mol. The summed E-state index contributed by atoms with van der Waals surface area (Å²) in [7, 11) is 0. The monoisotopic (exact) mass is 207 g/mol. The first kappa shape index (κ1) is 10.0. The summed E-state index contributed by atoms with van der Waals surface area (Å²) in [6, 6.07) is 0.238. The minimum absolute atomic E-state index is 0.238. The molecular formula is C10H13N3O2. The van der Waals surface area contributed by atoms with Crippen molar-refractivity contribution < 1.29 is 9.90 Å². The molecule has 15 heavy (non-hydrogen) atoms. The highest BCUT2D eigenvalue weighted by Gasteiger charge is 2.29. The first-order valence-corrected chi connectivity index (χ1v) is 4.92. The highest BCUT2D eigenvalue weighted by Crippen LogP contribution is 2.21. The zero-order valence-corrected chi connectivity index (χ0v) is 8.50. The zero-order chi connectivity index (χ0) is 10.8. The Morgan fingerprint density at radius 2 is 2.20 bits per heavy atom. The Kier molecular flexibility index (Phi) is 2.64. The van der Waals surface area contributed by atoms with Gasteiger partial charge < -0.3 is 10.0 Å².